The number of pyridine rings is 1. The van der Waals surface area contributed by atoms with Crippen molar-refractivity contribution in [2.45, 2.75) is 6.54 Å². The van der Waals surface area contributed by atoms with Crippen molar-refractivity contribution in [2.75, 3.05) is 7.11 Å². The lowest BCUT2D eigenvalue weighted by molar-refractivity contribution is 0.0950. The average molecular weight is 368 g/mol. The molecule has 1 aromatic heterocycles. The number of benzene rings is 1. The Bertz CT molecular complexity index is 570. The molecule has 0 radical (unpaired) electrons. The maximum absolute atomic E-state index is 12.0. The Morgan fingerprint density at radius 3 is 2.74 bits per heavy atom. The van der Waals surface area contributed by atoms with E-state index in [1.54, 1.807) is 19.4 Å². The molecule has 98 valence electrons. The smallest absolute Gasteiger partial charge is 0.252 e. The number of aromatic nitrogens is 1. The van der Waals surface area contributed by atoms with Crippen LogP contribution in [0.25, 0.3) is 0 Å². The Balaban J connectivity index is 1.98. The van der Waals surface area contributed by atoms with Crippen molar-refractivity contribution >= 4 is 28.5 Å². The summed E-state index contributed by atoms with van der Waals surface area (Å²) < 4.78 is 5.92. The molecule has 0 aliphatic heterocycles. The van der Waals surface area contributed by atoms with E-state index in [4.69, 9.17) is 4.74 Å². The standard InChI is InChI=1S/C14H13IN2O2/c1-19-13-7-6-10(8-16-13)9-17-14(18)11-4-2-3-5-12(11)15/h2-8H,9H2,1H3,(H,17,18). The van der Waals surface area contributed by atoms with Gasteiger partial charge in [0.2, 0.25) is 5.88 Å². The SMILES string of the molecule is COc1ccc(CNC(=O)c2ccccc2I)cn1. The monoisotopic (exact) mass is 368 g/mol. The van der Waals surface area contributed by atoms with Gasteiger partial charge >= 0.3 is 0 Å². The molecule has 0 atom stereocenters. The molecule has 0 aliphatic carbocycles. The van der Waals surface area contributed by atoms with Crippen LogP contribution in [0.2, 0.25) is 0 Å². The topological polar surface area (TPSA) is 51.2 Å². The number of hydrogen-bond acceptors (Lipinski definition) is 3. The number of methoxy groups -OCH3 is 1. The summed E-state index contributed by atoms with van der Waals surface area (Å²) in [5.41, 5.74) is 1.62. The summed E-state index contributed by atoms with van der Waals surface area (Å²) in [4.78, 5) is 16.1. The highest BCUT2D eigenvalue weighted by atomic mass is 127. The van der Waals surface area contributed by atoms with E-state index in [1.165, 1.54) is 0 Å². The predicted octanol–water partition coefficient (Wildman–Crippen LogP) is 2.62. The summed E-state index contributed by atoms with van der Waals surface area (Å²) in [6, 6.07) is 11.1. The summed E-state index contributed by atoms with van der Waals surface area (Å²) in [6.45, 7) is 0.445. The van der Waals surface area contributed by atoms with Gasteiger partial charge in [0.05, 0.1) is 12.7 Å². The van der Waals surface area contributed by atoms with Crippen molar-refractivity contribution in [1.29, 1.82) is 0 Å². The van der Waals surface area contributed by atoms with Crippen LogP contribution >= 0.6 is 22.6 Å². The molecule has 0 fully saturated rings. The van der Waals surface area contributed by atoms with E-state index in [0.29, 0.717) is 18.0 Å². The normalized spacial score (nSPS) is 10.0. The first-order valence-electron chi connectivity index (χ1n) is 5.72. The molecule has 0 bridgehead atoms. The van der Waals surface area contributed by atoms with Gasteiger partial charge in [0, 0.05) is 22.4 Å². The molecule has 0 unspecified atom stereocenters. The molecule has 0 saturated heterocycles. The minimum Gasteiger partial charge on any atom is -0.481 e. The Labute approximate surface area is 125 Å². The molecule has 1 aromatic carbocycles. The highest BCUT2D eigenvalue weighted by molar-refractivity contribution is 14.1. The summed E-state index contributed by atoms with van der Waals surface area (Å²) >= 11 is 2.15. The molecular weight excluding hydrogens is 355 g/mol. The van der Waals surface area contributed by atoms with Crippen LogP contribution in [0.1, 0.15) is 15.9 Å². The Kier molecular flexibility index (Phi) is 4.73. The van der Waals surface area contributed by atoms with E-state index in [9.17, 15) is 4.79 Å². The number of rotatable bonds is 4. The molecule has 0 spiro atoms. The van der Waals surface area contributed by atoms with Crippen molar-refractivity contribution in [3.8, 4) is 5.88 Å². The van der Waals surface area contributed by atoms with Gasteiger partial charge in [-0.2, -0.15) is 0 Å². The van der Waals surface area contributed by atoms with Crippen LogP contribution < -0.4 is 10.1 Å². The average Bonchev–Trinajstić information content (AvgIpc) is 2.46. The van der Waals surface area contributed by atoms with E-state index >= 15 is 0 Å². The second kappa shape index (κ2) is 6.51. The highest BCUT2D eigenvalue weighted by Gasteiger charge is 2.08. The lowest BCUT2D eigenvalue weighted by atomic mass is 10.2. The van der Waals surface area contributed by atoms with Crippen LogP contribution in [0.3, 0.4) is 0 Å². The van der Waals surface area contributed by atoms with E-state index in [2.05, 4.69) is 32.9 Å². The number of amides is 1. The third kappa shape index (κ3) is 3.66. The van der Waals surface area contributed by atoms with Crippen LogP contribution in [-0.2, 0) is 6.54 Å². The van der Waals surface area contributed by atoms with Crippen LogP contribution in [0.5, 0.6) is 5.88 Å². The molecule has 5 heteroatoms. The first-order valence-corrected chi connectivity index (χ1v) is 6.80. The van der Waals surface area contributed by atoms with Gasteiger partial charge in [0.1, 0.15) is 0 Å². The quantitative estimate of drug-likeness (QED) is 0.845. The lowest BCUT2D eigenvalue weighted by Gasteiger charge is -2.07. The first kappa shape index (κ1) is 13.8. The number of carbonyl (C=O) groups excluding carboxylic acids is 1. The number of ether oxygens (including phenoxy) is 1. The van der Waals surface area contributed by atoms with Crippen molar-refractivity contribution in [3.63, 3.8) is 0 Å². The van der Waals surface area contributed by atoms with Gasteiger partial charge in [-0.25, -0.2) is 4.98 Å². The van der Waals surface area contributed by atoms with E-state index in [1.807, 2.05) is 30.3 Å². The minimum absolute atomic E-state index is 0.0826. The first-order chi connectivity index (χ1) is 9.20. The fraction of sp³-hybridized carbons (Fsp3) is 0.143. The van der Waals surface area contributed by atoms with E-state index in [-0.39, 0.29) is 5.91 Å². The van der Waals surface area contributed by atoms with Crippen LogP contribution in [0, 0.1) is 3.57 Å². The number of nitrogens with one attached hydrogen (secondary N) is 1. The maximum Gasteiger partial charge on any atom is 0.252 e. The Hall–Kier alpha value is -1.63. The second-order valence-electron chi connectivity index (χ2n) is 3.87. The zero-order valence-electron chi connectivity index (χ0n) is 10.4. The summed E-state index contributed by atoms with van der Waals surface area (Å²) in [6.07, 6.45) is 1.69. The molecule has 2 rings (SSSR count). The van der Waals surface area contributed by atoms with Crippen molar-refractivity contribution < 1.29 is 9.53 Å². The third-order valence-electron chi connectivity index (χ3n) is 2.58. The predicted molar refractivity (Wildman–Crippen MR) is 81.1 cm³/mol. The van der Waals surface area contributed by atoms with E-state index in [0.717, 1.165) is 9.13 Å². The van der Waals surface area contributed by atoms with Crippen LogP contribution in [0.4, 0.5) is 0 Å². The van der Waals surface area contributed by atoms with Gasteiger partial charge in [-0.3, -0.25) is 4.79 Å². The number of hydrogen-bond donors (Lipinski definition) is 1. The molecule has 0 aliphatic rings. The largest absolute Gasteiger partial charge is 0.481 e. The van der Waals surface area contributed by atoms with Crippen molar-refractivity contribution in [1.82, 2.24) is 10.3 Å². The van der Waals surface area contributed by atoms with Gasteiger partial charge in [0.25, 0.3) is 5.91 Å². The molecule has 1 amide bonds. The summed E-state index contributed by atoms with van der Waals surface area (Å²) in [7, 11) is 1.57. The van der Waals surface area contributed by atoms with E-state index < -0.39 is 0 Å². The molecule has 19 heavy (non-hydrogen) atoms. The Morgan fingerprint density at radius 1 is 1.32 bits per heavy atom. The zero-order chi connectivity index (χ0) is 13.7. The molecule has 0 saturated carbocycles. The molecule has 1 heterocycles. The van der Waals surface area contributed by atoms with Crippen LogP contribution in [0.15, 0.2) is 42.6 Å². The number of carbonyl (C=O) groups is 1. The molecule has 4 nitrogen and oxygen atoms in total. The molecule has 1 N–H and O–H groups in total. The van der Waals surface area contributed by atoms with Gasteiger partial charge in [-0.1, -0.05) is 18.2 Å². The fourth-order valence-corrected chi connectivity index (χ4v) is 2.19. The van der Waals surface area contributed by atoms with Gasteiger partial charge in [-0.15, -0.1) is 0 Å². The fourth-order valence-electron chi connectivity index (χ4n) is 1.56. The zero-order valence-corrected chi connectivity index (χ0v) is 12.5. The number of halogens is 1. The third-order valence-corrected chi connectivity index (χ3v) is 3.52. The summed E-state index contributed by atoms with van der Waals surface area (Å²) in [5, 5.41) is 2.87. The Morgan fingerprint density at radius 2 is 2.11 bits per heavy atom. The highest BCUT2D eigenvalue weighted by Crippen LogP contribution is 2.11. The minimum atomic E-state index is -0.0826. The van der Waals surface area contributed by atoms with Crippen molar-refractivity contribution in [3.05, 3.63) is 57.3 Å². The van der Waals surface area contributed by atoms with Crippen LogP contribution in [-0.4, -0.2) is 18.0 Å². The summed E-state index contributed by atoms with van der Waals surface area (Å²) in [5.74, 6) is 0.480. The maximum atomic E-state index is 12.0. The van der Waals surface area contributed by atoms with Crippen molar-refractivity contribution in [2.24, 2.45) is 0 Å². The van der Waals surface area contributed by atoms with Gasteiger partial charge in [0.15, 0.2) is 0 Å². The van der Waals surface area contributed by atoms with Gasteiger partial charge in [-0.05, 0) is 40.3 Å². The lowest BCUT2D eigenvalue weighted by Crippen LogP contribution is -2.23. The second-order valence-corrected chi connectivity index (χ2v) is 5.03. The number of nitrogens with zero attached hydrogens (tertiary/aromatic N) is 1. The molecule has 2 aromatic rings. The van der Waals surface area contributed by atoms with Gasteiger partial charge < -0.3 is 10.1 Å². The molecular formula is C14H13IN2O2.